The zero-order valence-electron chi connectivity index (χ0n) is 14.7. The van der Waals surface area contributed by atoms with Crippen LogP contribution in [-0.2, 0) is 11.2 Å². The van der Waals surface area contributed by atoms with Crippen molar-refractivity contribution in [1.82, 2.24) is 4.90 Å². The Morgan fingerprint density at radius 3 is 2.58 bits per heavy atom. The molecule has 26 heavy (non-hydrogen) atoms. The number of hydrogen-bond donors (Lipinski definition) is 0. The second-order valence-electron chi connectivity index (χ2n) is 7.40. The Morgan fingerprint density at radius 1 is 1.08 bits per heavy atom. The standard InChI is InChI=1S/C22H23F2NO/c23-18-10-8-16(9-11-18)22-19-6-2-1-4-15(19)12-13-25(22)21(26)14-17-5-3-7-20(17)24/h1-2,4,6,8-11,17,20,22H,3,5,7,12-14H2/t17-,20+,22+/m1/s1. The molecule has 4 heteroatoms. The number of carbonyl (C=O) groups excluding carboxylic acids is 1. The van der Waals surface area contributed by atoms with E-state index in [9.17, 15) is 13.6 Å². The molecule has 1 heterocycles. The fourth-order valence-electron chi connectivity index (χ4n) is 4.40. The van der Waals surface area contributed by atoms with Gasteiger partial charge in [0.1, 0.15) is 12.0 Å². The van der Waals surface area contributed by atoms with Crippen LogP contribution in [0.25, 0.3) is 0 Å². The highest BCUT2D eigenvalue weighted by Crippen LogP contribution is 2.37. The van der Waals surface area contributed by atoms with Crippen LogP contribution in [0.15, 0.2) is 48.5 Å². The number of fused-ring (bicyclic) bond motifs is 1. The maximum Gasteiger partial charge on any atom is 0.223 e. The number of hydrogen-bond acceptors (Lipinski definition) is 1. The summed E-state index contributed by atoms with van der Waals surface area (Å²) >= 11 is 0. The van der Waals surface area contributed by atoms with Gasteiger partial charge < -0.3 is 4.90 Å². The van der Waals surface area contributed by atoms with Crippen LogP contribution in [0, 0.1) is 11.7 Å². The molecule has 2 nitrogen and oxygen atoms in total. The summed E-state index contributed by atoms with van der Waals surface area (Å²) in [4.78, 5) is 14.9. The van der Waals surface area contributed by atoms with E-state index in [0.717, 1.165) is 30.4 Å². The number of halogens is 2. The van der Waals surface area contributed by atoms with Crippen molar-refractivity contribution in [2.24, 2.45) is 5.92 Å². The Labute approximate surface area is 152 Å². The zero-order valence-corrected chi connectivity index (χ0v) is 14.7. The summed E-state index contributed by atoms with van der Waals surface area (Å²) < 4.78 is 27.4. The normalized spacial score (nSPS) is 25.2. The summed E-state index contributed by atoms with van der Waals surface area (Å²) in [5.74, 6) is -0.445. The highest BCUT2D eigenvalue weighted by molar-refractivity contribution is 5.78. The molecule has 1 fully saturated rings. The van der Waals surface area contributed by atoms with Gasteiger partial charge in [-0.3, -0.25) is 4.79 Å². The van der Waals surface area contributed by atoms with Crippen LogP contribution in [0.2, 0.25) is 0 Å². The summed E-state index contributed by atoms with van der Waals surface area (Å²) in [5, 5.41) is 0. The molecule has 136 valence electrons. The lowest BCUT2D eigenvalue weighted by Crippen LogP contribution is -2.41. The first-order chi connectivity index (χ1) is 12.6. The molecule has 2 aliphatic rings. The minimum Gasteiger partial charge on any atom is -0.331 e. The lowest BCUT2D eigenvalue weighted by atomic mass is 9.87. The molecule has 2 aromatic carbocycles. The van der Waals surface area contributed by atoms with E-state index in [4.69, 9.17) is 0 Å². The van der Waals surface area contributed by atoms with Crippen molar-refractivity contribution < 1.29 is 13.6 Å². The Bertz CT molecular complexity index is 789. The summed E-state index contributed by atoms with van der Waals surface area (Å²) in [5.41, 5.74) is 3.20. The van der Waals surface area contributed by atoms with Gasteiger partial charge in [0, 0.05) is 13.0 Å². The van der Waals surface area contributed by atoms with Crippen LogP contribution in [0.5, 0.6) is 0 Å². The Morgan fingerprint density at radius 2 is 1.85 bits per heavy atom. The van der Waals surface area contributed by atoms with Gasteiger partial charge in [0.05, 0.1) is 6.04 Å². The van der Waals surface area contributed by atoms with Gasteiger partial charge in [0.15, 0.2) is 0 Å². The second-order valence-corrected chi connectivity index (χ2v) is 7.40. The molecule has 1 saturated carbocycles. The summed E-state index contributed by atoms with van der Waals surface area (Å²) in [6, 6.07) is 14.2. The number of carbonyl (C=O) groups is 1. The van der Waals surface area contributed by atoms with Crippen LogP contribution in [0.3, 0.4) is 0 Å². The van der Waals surface area contributed by atoms with Crippen molar-refractivity contribution in [3.8, 4) is 0 Å². The van der Waals surface area contributed by atoms with Gasteiger partial charge in [0.25, 0.3) is 0 Å². The van der Waals surface area contributed by atoms with Gasteiger partial charge in [-0.1, -0.05) is 42.8 Å². The summed E-state index contributed by atoms with van der Waals surface area (Å²) in [7, 11) is 0. The van der Waals surface area contributed by atoms with Gasteiger partial charge in [0.2, 0.25) is 5.91 Å². The largest absolute Gasteiger partial charge is 0.331 e. The van der Waals surface area contributed by atoms with Crippen molar-refractivity contribution in [3.63, 3.8) is 0 Å². The molecule has 0 N–H and O–H groups in total. The van der Waals surface area contributed by atoms with Crippen molar-refractivity contribution in [2.75, 3.05) is 6.54 Å². The molecule has 2 aromatic rings. The van der Waals surface area contributed by atoms with Gasteiger partial charge >= 0.3 is 0 Å². The van der Waals surface area contributed by atoms with E-state index in [-0.39, 0.29) is 30.1 Å². The van der Waals surface area contributed by atoms with Crippen LogP contribution in [-0.4, -0.2) is 23.5 Å². The molecule has 0 saturated heterocycles. The SMILES string of the molecule is O=C(C[C@H]1CCC[C@@H]1F)N1CCc2ccccc2[C@@H]1c1ccc(F)cc1. The maximum atomic E-state index is 14.0. The average molecular weight is 355 g/mol. The Balaban J connectivity index is 1.66. The Kier molecular flexibility index (Phi) is 4.75. The van der Waals surface area contributed by atoms with Crippen LogP contribution in [0.4, 0.5) is 8.78 Å². The fourth-order valence-corrected chi connectivity index (χ4v) is 4.40. The first-order valence-electron chi connectivity index (χ1n) is 9.40. The van der Waals surface area contributed by atoms with E-state index in [1.54, 1.807) is 12.1 Å². The maximum absolute atomic E-state index is 14.0. The summed E-state index contributed by atoms with van der Waals surface area (Å²) in [6.45, 7) is 0.613. The van der Waals surface area contributed by atoms with E-state index < -0.39 is 6.17 Å². The van der Waals surface area contributed by atoms with Crippen LogP contribution >= 0.6 is 0 Å². The fraction of sp³-hybridized carbons (Fsp3) is 0.409. The molecule has 0 aromatic heterocycles. The smallest absolute Gasteiger partial charge is 0.223 e. The zero-order chi connectivity index (χ0) is 18.1. The highest BCUT2D eigenvalue weighted by atomic mass is 19.1. The molecular weight excluding hydrogens is 332 g/mol. The van der Waals surface area contributed by atoms with E-state index in [0.29, 0.717) is 13.0 Å². The molecule has 4 rings (SSSR count). The number of rotatable bonds is 3. The molecule has 3 atom stereocenters. The second kappa shape index (κ2) is 7.18. The van der Waals surface area contributed by atoms with Gasteiger partial charge in [-0.2, -0.15) is 0 Å². The minimum atomic E-state index is -0.861. The molecule has 1 aliphatic heterocycles. The molecule has 0 bridgehead atoms. The number of amides is 1. The quantitative estimate of drug-likeness (QED) is 0.772. The molecule has 1 aliphatic carbocycles. The third-order valence-electron chi connectivity index (χ3n) is 5.79. The minimum absolute atomic E-state index is 0.00313. The lowest BCUT2D eigenvalue weighted by molar-refractivity contribution is -0.134. The molecule has 0 radical (unpaired) electrons. The van der Waals surface area contributed by atoms with Gasteiger partial charge in [-0.05, 0) is 54.0 Å². The van der Waals surface area contributed by atoms with E-state index >= 15 is 0 Å². The van der Waals surface area contributed by atoms with Gasteiger partial charge in [-0.15, -0.1) is 0 Å². The Hall–Kier alpha value is -2.23. The monoisotopic (exact) mass is 355 g/mol. The van der Waals surface area contributed by atoms with Gasteiger partial charge in [-0.25, -0.2) is 8.78 Å². The first-order valence-corrected chi connectivity index (χ1v) is 9.40. The number of benzene rings is 2. The molecule has 1 amide bonds. The van der Waals surface area contributed by atoms with Crippen molar-refractivity contribution in [1.29, 1.82) is 0 Å². The van der Waals surface area contributed by atoms with E-state index in [2.05, 4.69) is 6.07 Å². The highest BCUT2D eigenvalue weighted by Gasteiger charge is 2.35. The first kappa shape index (κ1) is 17.2. The molecule has 0 unspecified atom stereocenters. The van der Waals surface area contributed by atoms with Crippen LogP contribution < -0.4 is 0 Å². The van der Waals surface area contributed by atoms with Crippen molar-refractivity contribution in [3.05, 3.63) is 71.0 Å². The number of alkyl halides is 1. The topological polar surface area (TPSA) is 20.3 Å². The van der Waals surface area contributed by atoms with Crippen molar-refractivity contribution >= 4 is 5.91 Å². The summed E-state index contributed by atoms with van der Waals surface area (Å²) in [6.07, 6.45) is 2.43. The predicted molar refractivity (Wildman–Crippen MR) is 97.0 cm³/mol. The number of nitrogens with zero attached hydrogens (tertiary/aromatic N) is 1. The average Bonchev–Trinajstić information content (AvgIpc) is 3.06. The molecular formula is C22H23F2NO. The van der Waals surface area contributed by atoms with E-state index in [1.807, 2.05) is 23.1 Å². The third-order valence-corrected chi connectivity index (χ3v) is 5.79. The molecule has 0 spiro atoms. The lowest BCUT2D eigenvalue weighted by Gasteiger charge is -2.38. The van der Waals surface area contributed by atoms with Crippen molar-refractivity contribution in [2.45, 2.75) is 44.3 Å². The predicted octanol–water partition coefficient (Wildman–Crippen LogP) is 4.83. The van der Waals surface area contributed by atoms with Crippen LogP contribution in [0.1, 0.15) is 48.4 Å². The third kappa shape index (κ3) is 3.25. The van der Waals surface area contributed by atoms with E-state index in [1.165, 1.54) is 17.7 Å².